The van der Waals surface area contributed by atoms with E-state index in [-0.39, 0.29) is 18.2 Å². The van der Waals surface area contributed by atoms with Crippen molar-refractivity contribution in [1.29, 1.82) is 5.26 Å². The van der Waals surface area contributed by atoms with Gasteiger partial charge in [-0.1, -0.05) is 36.4 Å². The lowest BCUT2D eigenvalue weighted by molar-refractivity contribution is -0.142. The highest BCUT2D eigenvalue weighted by Gasteiger charge is 2.15. The molecule has 7 heteroatoms. The van der Waals surface area contributed by atoms with Gasteiger partial charge in [0.1, 0.15) is 11.6 Å². The summed E-state index contributed by atoms with van der Waals surface area (Å²) in [6, 6.07) is 16.1. The zero-order chi connectivity index (χ0) is 21.9. The number of nitrogens with one attached hydrogen (secondary N) is 1. The van der Waals surface area contributed by atoms with Crippen LogP contribution in [0.2, 0.25) is 0 Å². The number of rotatable bonds is 9. The quantitative estimate of drug-likeness (QED) is 0.388. The van der Waals surface area contributed by atoms with Gasteiger partial charge < -0.3 is 19.5 Å². The largest absolute Gasteiger partial charge is 0.490 e. The molecule has 156 valence electrons. The van der Waals surface area contributed by atoms with E-state index in [9.17, 15) is 14.9 Å². The molecule has 0 aromatic heterocycles. The number of carbonyl (C=O) groups excluding carboxylic acids is 2. The number of ether oxygens (including phenoxy) is 3. The van der Waals surface area contributed by atoms with Crippen molar-refractivity contribution in [3.63, 3.8) is 0 Å². The first-order chi connectivity index (χ1) is 14.5. The van der Waals surface area contributed by atoms with Gasteiger partial charge in [0.15, 0.2) is 18.1 Å². The highest BCUT2D eigenvalue weighted by atomic mass is 16.6. The lowest BCUT2D eigenvalue weighted by atomic mass is 10.1. The second-order valence-electron chi connectivity index (χ2n) is 6.28. The average Bonchev–Trinajstić information content (AvgIpc) is 2.77. The Hall–Kier alpha value is -3.79. The van der Waals surface area contributed by atoms with Crippen LogP contribution in [0.5, 0.6) is 11.5 Å². The molecule has 0 saturated carbocycles. The Kier molecular flexibility index (Phi) is 8.45. The van der Waals surface area contributed by atoms with Crippen LogP contribution in [0.4, 0.5) is 0 Å². The normalized spacial score (nSPS) is 11.7. The molecule has 7 nitrogen and oxygen atoms in total. The molecule has 2 aromatic carbocycles. The lowest BCUT2D eigenvalue weighted by Crippen LogP contribution is -2.27. The highest BCUT2D eigenvalue weighted by Crippen LogP contribution is 2.29. The lowest BCUT2D eigenvalue weighted by Gasteiger charge is -2.14. The fourth-order valence-electron chi connectivity index (χ4n) is 2.61. The van der Waals surface area contributed by atoms with E-state index in [1.807, 2.05) is 50.2 Å². The SMILES string of the molecule is CCOc1cc(/C=C(/C#N)C(=O)N[C@H](C)c2ccccc2)ccc1OCC(=O)OC. The first-order valence-electron chi connectivity index (χ1n) is 9.42. The summed E-state index contributed by atoms with van der Waals surface area (Å²) >= 11 is 0. The van der Waals surface area contributed by atoms with Crippen LogP contribution in [0.25, 0.3) is 6.08 Å². The topological polar surface area (TPSA) is 97.6 Å². The Balaban J connectivity index is 2.19. The van der Waals surface area contributed by atoms with E-state index in [1.165, 1.54) is 13.2 Å². The first kappa shape index (κ1) is 22.5. The van der Waals surface area contributed by atoms with Crippen LogP contribution in [0, 0.1) is 11.3 Å². The maximum Gasteiger partial charge on any atom is 0.343 e. The molecule has 0 heterocycles. The highest BCUT2D eigenvalue weighted by molar-refractivity contribution is 6.01. The van der Waals surface area contributed by atoms with E-state index in [4.69, 9.17) is 9.47 Å². The van der Waals surface area contributed by atoms with E-state index < -0.39 is 11.9 Å². The Morgan fingerprint density at radius 2 is 1.87 bits per heavy atom. The van der Waals surface area contributed by atoms with Gasteiger partial charge in [0.25, 0.3) is 5.91 Å². The van der Waals surface area contributed by atoms with Crippen molar-refractivity contribution in [1.82, 2.24) is 5.32 Å². The molecular weight excluding hydrogens is 384 g/mol. The summed E-state index contributed by atoms with van der Waals surface area (Å²) in [5.41, 5.74) is 1.49. The number of benzene rings is 2. The number of nitrogens with zero attached hydrogens (tertiary/aromatic N) is 1. The molecule has 0 aliphatic rings. The minimum atomic E-state index is -0.516. The van der Waals surface area contributed by atoms with Crippen LogP contribution in [0.3, 0.4) is 0 Å². The van der Waals surface area contributed by atoms with E-state index in [0.717, 1.165) is 5.56 Å². The molecule has 2 aromatic rings. The van der Waals surface area contributed by atoms with Crippen molar-refractivity contribution in [2.45, 2.75) is 19.9 Å². The Morgan fingerprint density at radius 1 is 1.13 bits per heavy atom. The fourth-order valence-corrected chi connectivity index (χ4v) is 2.61. The van der Waals surface area contributed by atoms with Crippen molar-refractivity contribution >= 4 is 18.0 Å². The van der Waals surface area contributed by atoms with Gasteiger partial charge in [-0.3, -0.25) is 4.79 Å². The molecule has 30 heavy (non-hydrogen) atoms. The van der Waals surface area contributed by atoms with Crippen LogP contribution < -0.4 is 14.8 Å². The number of carbonyl (C=O) groups is 2. The summed E-state index contributed by atoms with van der Waals surface area (Å²) < 4.78 is 15.5. The minimum absolute atomic E-state index is 0.0385. The average molecular weight is 408 g/mol. The molecule has 0 aliphatic heterocycles. The molecule has 0 aliphatic carbocycles. The zero-order valence-electron chi connectivity index (χ0n) is 17.2. The number of nitriles is 1. The van der Waals surface area contributed by atoms with Crippen molar-refractivity contribution in [2.75, 3.05) is 20.3 Å². The molecule has 0 unspecified atom stereocenters. The fraction of sp³-hybridized carbons (Fsp3) is 0.261. The number of esters is 1. The molecule has 1 atom stereocenters. The third-order valence-electron chi connectivity index (χ3n) is 4.16. The summed E-state index contributed by atoms with van der Waals surface area (Å²) in [4.78, 5) is 23.8. The number of amides is 1. The van der Waals surface area contributed by atoms with E-state index >= 15 is 0 Å². The maximum absolute atomic E-state index is 12.5. The third kappa shape index (κ3) is 6.38. The van der Waals surface area contributed by atoms with Gasteiger partial charge >= 0.3 is 5.97 Å². The van der Waals surface area contributed by atoms with Crippen molar-refractivity contribution in [3.8, 4) is 17.6 Å². The van der Waals surface area contributed by atoms with Crippen LogP contribution in [-0.4, -0.2) is 32.2 Å². The molecule has 0 radical (unpaired) electrons. The van der Waals surface area contributed by atoms with E-state index in [0.29, 0.717) is 23.7 Å². The van der Waals surface area contributed by atoms with Crippen molar-refractivity contribution < 1.29 is 23.8 Å². The number of hydrogen-bond donors (Lipinski definition) is 1. The number of methoxy groups -OCH3 is 1. The molecule has 0 saturated heterocycles. The van der Waals surface area contributed by atoms with Crippen LogP contribution in [0.1, 0.15) is 31.0 Å². The predicted octanol–water partition coefficient (Wildman–Crippen LogP) is 3.42. The van der Waals surface area contributed by atoms with E-state index in [2.05, 4.69) is 10.1 Å². The zero-order valence-corrected chi connectivity index (χ0v) is 17.2. The maximum atomic E-state index is 12.5. The Morgan fingerprint density at radius 3 is 2.50 bits per heavy atom. The molecule has 0 spiro atoms. The molecule has 1 amide bonds. The standard InChI is InChI=1S/C23H24N2O5/c1-4-29-21-13-17(10-11-20(21)30-15-22(26)28-3)12-19(14-24)23(27)25-16(2)18-8-6-5-7-9-18/h5-13,16H,4,15H2,1-3H3,(H,25,27)/b19-12-/t16-/m1/s1. The summed E-state index contributed by atoms with van der Waals surface area (Å²) in [7, 11) is 1.27. The van der Waals surface area contributed by atoms with Crippen molar-refractivity contribution in [2.24, 2.45) is 0 Å². The van der Waals surface area contributed by atoms with Gasteiger partial charge in [-0.05, 0) is 43.2 Å². The Bertz CT molecular complexity index is 948. The van der Waals surface area contributed by atoms with Crippen LogP contribution in [-0.2, 0) is 14.3 Å². The minimum Gasteiger partial charge on any atom is -0.490 e. The van der Waals surface area contributed by atoms with Gasteiger partial charge in [0, 0.05) is 0 Å². The van der Waals surface area contributed by atoms with Crippen LogP contribution in [0.15, 0.2) is 54.1 Å². The predicted molar refractivity (Wildman–Crippen MR) is 112 cm³/mol. The van der Waals surface area contributed by atoms with E-state index in [1.54, 1.807) is 18.2 Å². The molecule has 2 rings (SSSR count). The summed E-state index contributed by atoms with van der Waals surface area (Å²) in [5, 5.41) is 12.3. The molecular formula is C23H24N2O5. The molecule has 0 bridgehead atoms. The second-order valence-corrected chi connectivity index (χ2v) is 6.28. The van der Waals surface area contributed by atoms with Gasteiger partial charge in [-0.2, -0.15) is 5.26 Å². The second kappa shape index (κ2) is 11.3. The molecule has 0 fully saturated rings. The Labute approximate surface area is 175 Å². The smallest absolute Gasteiger partial charge is 0.343 e. The van der Waals surface area contributed by atoms with Gasteiger partial charge in [0.05, 0.1) is 19.8 Å². The van der Waals surface area contributed by atoms with Gasteiger partial charge in [-0.25, -0.2) is 4.79 Å². The summed E-state index contributed by atoms with van der Waals surface area (Å²) in [5.74, 6) is -0.235. The molecule has 1 N–H and O–H groups in total. The number of hydrogen-bond acceptors (Lipinski definition) is 6. The summed E-state index contributed by atoms with van der Waals surface area (Å²) in [6.07, 6.45) is 1.47. The van der Waals surface area contributed by atoms with Crippen molar-refractivity contribution in [3.05, 3.63) is 65.2 Å². The van der Waals surface area contributed by atoms with Gasteiger partial charge in [-0.15, -0.1) is 0 Å². The van der Waals surface area contributed by atoms with Gasteiger partial charge in [0.2, 0.25) is 0 Å². The first-order valence-corrected chi connectivity index (χ1v) is 9.42. The monoisotopic (exact) mass is 408 g/mol. The van der Waals surface area contributed by atoms with Crippen LogP contribution >= 0.6 is 0 Å². The third-order valence-corrected chi connectivity index (χ3v) is 4.16. The summed E-state index contributed by atoms with van der Waals surface area (Å²) in [6.45, 7) is 3.78.